The Balaban J connectivity index is 1.72. The third-order valence-corrected chi connectivity index (χ3v) is 4.51. The van der Waals surface area contributed by atoms with Gasteiger partial charge >= 0.3 is 0 Å². The van der Waals surface area contributed by atoms with Gasteiger partial charge in [0.05, 0.1) is 0 Å². The normalized spacial score (nSPS) is 12.9. The van der Waals surface area contributed by atoms with Gasteiger partial charge in [-0.05, 0) is 43.7 Å². The van der Waals surface area contributed by atoms with E-state index in [1.54, 1.807) is 0 Å². The van der Waals surface area contributed by atoms with E-state index in [9.17, 15) is 0 Å². The van der Waals surface area contributed by atoms with Crippen LogP contribution in [0.5, 0.6) is 0 Å². The molecule has 0 aliphatic rings. The predicted octanol–water partition coefficient (Wildman–Crippen LogP) is 3.78. The van der Waals surface area contributed by atoms with E-state index in [2.05, 4.69) is 47.3 Å². The molecule has 4 heteroatoms. The number of fused-ring (bicyclic) bond motifs is 1. The summed E-state index contributed by atoms with van der Waals surface area (Å²) in [4.78, 5) is 10.3. The van der Waals surface area contributed by atoms with Crippen molar-refractivity contribution in [2.75, 3.05) is 0 Å². The first kappa shape index (κ1) is 12.4. The summed E-state index contributed by atoms with van der Waals surface area (Å²) in [5.41, 5.74) is 2.22. The van der Waals surface area contributed by atoms with Crippen LogP contribution in [0.3, 0.4) is 0 Å². The minimum absolute atomic E-state index is 0.375. The zero-order valence-electron chi connectivity index (χ0n) is 11.1. The molecule has 1 unspecified atom stereocenters. The van der Waals surface area contributed by atoms with Crippen LogP contribution in [0.4, 0.5) is 0 Å². The molecule has 3 nitrogen and oxygen atoms in total. The highest BCUT2D eigenvalue weighted by Gasteiger charge is 2.09. The second-order valence-corrected chi connectivity index (χ2v) is 6.08. The van der Waals surface area contributed by atoms with Crippen molar-refractivity contribution in [2.24, 2.45) is 0 Å². The summed E-state index contributed by atoms with van der Waals surface area (Å²) in [6, 6.07) is 8.84. The molecule has 19 heavy (non-hydrogen) atoms. The molecule has 0 saturated heterocycles. The van der Waals surface area contributed by atoms with E-state index in [1.807, 2.05) is 29.8 Å². The van der Waals surface area contributed by atoms with E-state index in [1.165, 1.54) is 20.7 Å². The second-order valence-electron chi connectivity index (χ2n) is 4.76. The van der Waals surface area contributed by atoms with Crippen molar-refractivity contribution in [3.05, 3.63) is 52.0 Å². The molecule has 1 atom stereocenters. The summed E-state index contributed by atoms with van der Waals surface area (Å²) in [7, 11) is 0. The van der Waals surface area contributed by atoms with Gasteiger partial charge in [0.25, 0.3) is 0 Å². The van der Waals surface area contributed by atoms with Crippen molar-refractivity contribution >= 4 is 22.4 Å². The summed E-state index contributed by atoms with van der Waals surface area (Å²) < 4.78 is 0. The first-order chi connectivity index (χ1) is 9.24. The second kappa shape index (κ2) is 5.15. The van der Waals surface area contributed by atoms with Crippen LogP contribution in [-0.2, 0) is 6.54 Å². The molecule has 0 aliphatic carbocycles. The summed E-state index contributed by atoms with van der Waals surface area (Å²) in [5.74, 6) is 0. The number of nitrogens with zero attached hydrogens (tertiary/aromatic N) is 1. The minimum Gasteiger partial charge on any atom is -0.346 e. The lowest BCUT2D eigenvalue weighted by Gasteiger charge is -2.11. The molecule has 3 rings (SSSR count). The van der Waals surface area contributed by atoms with Crippen LogP contribution in [0.1, 0.15) is 28.3 Å². The summed E-state index contributed by atoms with van der Waals surface area (Å²) in [6.07, 6.45) is 3.85. The van der Waals surface area contributed by atoms with E-state index in [-0.39, 0.29) is 0 Å². The molecule has 3 aromatic rings. The van der Waals surface area contributed by atoms with Gasteiger partial charge in [0, 0.05) is 40.1 Å². The summed E-state index contributed by atoms with van der Waals surface area (Å²) in [5, 5.41) is 4.77. The number of nitrogens with one attached hydrogen (secondary N) is 2. The molecule has 0 radical (unpaired) electrons. The van der Waals surface area contributed by atoms with Crippen LogP contribution in [0.2, 0.25) is 0 Å². The van der Waals surface area contributed by atoms with Crippen LogP contribution in [0, 0.1) is 6.92 Å². The fraction of sp³-hybridized carbons (Fsp3) is 0.267. The molecule has 0 spiro atoms. The fourth-order valence-corrected chi connectivity index (χ4v) is 3.11. The maximum Gasteiger partial charge on any atom is 0.137 e. The highest BCUT2D eigenvalue weighted by Crippen LogP contribution is 2.23. The van der Waals surface area contributed by atoms with E-state index >= 15 is 0 Å². The molecule has 3 heterocycles. The quantitative estimate of drug-likeness (QED) is 0.758. The van der Waals surface area contributed by atoms with Crippen LogP contribution in [0.15, 0.2) is 36.7 Å². The predicted molar refractivity (Wildman–Crippen MR) is 80.4 cm³/mol. The lowest BCUT2D eigenvalue weighted by atomic mass is 10.2. The van der Waals surface area contributed by atoms with Gasteiger partial charge in [0.15, 0.2) is 0 Å². The first-order valence-electron chi connectivity index (χ1n) is 6.45. The van der Waals surface area contributed by atoms with Crippen LogP contribution < -0.4 is 5.32 Å². The van der Waals surface area contributed by atoms with Gasteiger partial charge in [0.1, 0.15) is 5.65 Å². The van der Waals surface area contributed by atoms with Crippen LogP contribution in [-0.4, -0.2) is 9.97 Å². The highest BCUT2D eigenvalue weighted by atomic mass is 32.1. The number of pyridine rings is 1. The van der Waals surface area contributed by atoms with Gasteiger partial charge in [-0.2, -0.15) is 0 Å². The minimum atomic E-state index is 0.375. The largest absolute Gasteiger partial charge is 0.346 e. The van der Waals surface area contributed by atoms with Crippen LogP contribution in [0.25, 0.3) is 11.0 Å². The van der Waals surface area contributed by atoms with Crippen molar-refractivity contribution < 1.29 is 0 Å². The standard InChI is InChI=1S/C15H17N3S/c1-10-5-6-14(19-10)11(2)17-8-12-9-18-15-13(12)4-3-7-16-15/h3-7,9,11,17H,8H2,1-2H3,(H,16,18). The number of H-pyrrole nitrogens is 1. The monoisotopic (exact) mass is 271 g/mol. The number of thiophene rings is 1. The van der Waals surface area contributed by atoms with Crippen molar-refractivity contribution in [1.82, 2.24) is 15.3 Å². The number of hydrogen-bond donors (Lipinski definition) is 2. The Labute approximate surface area is 116 Å². The lowest BCUT2D eigenvalue weighted by Crippen LogP contribution is -2.16. The van der Waals surface area contributed by atoms with Gasteiger partial charge in [0.2, 0.25) is 0 Å². The summed E-state index contributed by atoms with van der Waals surface area (Å²) in [6.45, 7) is 5.20. The molecular formula is C15H17N3S. The average Bonchev–Trinajstić information content (AvgIpc) is 3.02. The van der Waals surface area contributed by atoms with Crippen molar-refractivity contribution in [3.8, 4) is 0 Å². The maximum atomic E-state index is 4.31. The van der Waals surface area contributed by atoms with Gasteiger partial charge in [-0.15, -0.1) is 11.3 Å². The Morgan fingerprint density at radius 2 is 2.26 bits per heavy atom. The number of aromatic nitrogens is 2. The van der Waals surface area contributed by atoms with E-state index in [4.69, 9.17) is 0 Å². The molecule has 0 aliphatic heterocycles. The SMILES string of the molecule is Cc1ccc(C(C)NCc2c[nH]c3ncccc23)s1. The molecule has 0 bridgehead atoms. The molecular weight excluding hydrogens is 254 g/mol. The maximum absolute atomic E-state index is 4.31. The van der Waals surface area contributed by atoms with Gasteiger partial charge in [-0.25, -0.2) is 4.98 Å². The highest BCUT2D eigenvalue weighted by molar-refractivity contribution is 7.12. The van der Waals surface area contributed by atoms with Gasteiger partial charge < -0.3 is 10.3 Å². The molecule has 0 aromatic carbocycles. The Kier molecular flexibility index (Phi) is 3.36. The van der Waals surface area contributed by atoms with Crippen LogP contribution >= 0.6 is 11.3 Å². The van der Waals surface area contributed by atoms with Crippen molar-refractivity contribution in [3.63, 3.8) is 0 Å². The zero-order chi connectivity index (χ0) is 13.2. The third-order valence-electron chi connectivity index (χ3n) is 3.32. The van der Waals surface area contributed by atoms with Gasteiger partial charge in [-0.1, -0.05) is 0 Å². The number of rotatable bonds is 4. The van der Waals surface area contributed by atoms with E-state index < -0.39 is 0 Å². The molecule has 3 aromatic heterocycles. The van der Waals surface area contributed by atoms with E-state index in [0.29, 0.717) is 6.04 Å². The molecule has 0 saturated carbocycles. The topological polar surface area (TPSA) is 40.7 Å². The number of aromatic amines is 1. The third kappa shape index (κ3) is 2.55. The number of hydrogen-bond acceptors (Lipinski definition) is 3. The molecule has 0 amide bonds. The number of aryl methyl sites for hydroxylation is 1. The van der Waals surface area contributed by atoms with Crippen molar-refractivity contribution in [2.45, 2.75) is 26.4 Å². The zero-order valence-corrected chi connectivity index (χ0v) is 11.9. The summed E-state index contributed by atoms with van der Waals surface area (Å²) >= 11 is 1.85. The van der Waals surface area contributed by atoms with Gasteiger partial charge in [-0.3, -0.25) is 0 Å². The average molecular weight is 271 g/mol. The molecule has 0 fully saturated rings. The lowest BCUT2D eigenvalue weighted by molar-refractivity contribution is 0.585. The first-order valence-corrected chi connectivity index (χ1v) is 7.26. The Morgan fingerprint density at radius 3 is 3.05 bits per heavy atom. The fourth-order valence-electron chi connectivity index (χ4n) is 2.21. The Bertz CT molecular complexity index is 683. The smallest absolute Gasteiger partial charge is 0.137 e. The molecule has 2 N–H and O–H groups in total. The van der Waals surface area contributed by atoms with E-state index in [0.717, 1.165) is 12.2 Å². The molecule has 98 valence electrons. The Morgan fingerprint density at radius 1 is 1.37 bits per heavy atom. The Hall–Kier alpha value is -1.65. The van der Waals surface area contributed by atoms with Crippen molar-refractivity contribution in [1.29, 1.82) is 0 Å².